The molecule has 3 nitrogen and oxygen atoms in total. The van der Waals surface area contributed by atoms with Crippen molar-refractivity contribution < 1.29 is 0 Å². The van der Waals surface area contributed by atoms with Gasteiger partial charge in [-0.05, 0) is 101 Å². The average molecular weight is 606 g/mol. The van der Waals surface area contributed by atoms with Crippen LogP contribution >= 0.6 is 11.8 Å². The Hall–Kier alpha value is -5.71. The molecule has 0 saturated heterocycles. The van der Waals surface area contributed by atoms with E-state index < -0.39 is 0 Å². The Labute approximate surface area is 270 Å². The summed E-state index contributed by atoms with van der Waals surface area (Å²) in [5.74, 6) is 0. The molecule has 0 atom stereocenters. The SMILES string of the molecule is c1ccc(-n2c3ccc(-c4ccc5c(c4)Sc4ccccc4N5)cc3c3cc(-c4ccc5[nH]c6ccccc6c5c4)ccc32)cc1. The van der Waals surface area contributed by atoms with Crippen LogP contribution in [0.3, 0.4) is 0 Å². The van der Waals surface area contributed by atoms with Crippen LogP contribution in [0.1, 0.15) is 0 Å². The number of nitrogens with one attached hydrogen (secondary N) is 2. The molecule has 0 saturated carbocycles. The third-order valence-corrected chi connectivity index (χ3v) is 10.4. The van der Waals surface area contributed by atoms with Crippen LogP contribution in [0, 0.1) is 0 Å². The molecule has 216 valence electrons. The quantitative estimate of drug-likeness (QED) is 0.210. The van der Waals surface area contributed by atoms with E-state index in [4.69, 9.17) is 0 Å². The summed E-state index contributed by atoms with van der Waals surface area (Å²) in [6, 6.07) is 55.1. The third-order valence-electron chi connectivity index (χ3n) is 9.31. The summed E-state index contributed by atoms with van der Waals surface area (Å²) >= 11 is 1.83. The third kappa shape index (κ3) is 3.94. The van der Waals surface area contributed by atoms with Crippen LogP contribution in [0.25, 0.3) is 71.6 Å². The smallest absolute Gasteiger partial charge is 0.0541 e. The summed E-state index contributed by atoms with van der Waals surface area (Å²) in [7, 11) is 0. The zero-order chi connectivity index (χ0) is 30.2. The first kappa shape index (κ1) is 25.6. The molecular formula is C42H27N3S. The van der Waals surface area contributed by atoms with Gasteiger partial charge in [-0.25, -0.2) is 0 Å². The van der Waals surface area contributed by atoms with Gasteiger partial charge in [0.1, 0.15) is 0 Å². The van der Waals surface area contributed by atoms with Gasteiger partial charge in [-0.2, -0.15) is 0 Å². The molecule has 0 unspecified atom stereocenters. The molecule has 0 spiro atoms. The van der Waals surface area contributed by atoms with Gasteiger partial charge in [0.15, 0.2) is 0 Å². The number of H-pyrrole nitrogens is 1. The van der Waals surface area contributed by atoms with E-state index >= 15 is 0 Å². The zero-order valence-corrected chi connectivity index (χ0v) is 25.6. The lowest BCUT2D eigenvalue weighted by atomic mass is 9.99. The second kappa shape index (κ2) is 9.90. The molecule has 4 heteroatoms. The molecule has 7 aromatic carbocycles. The molecule has 1 aliphatic heterocycles. The van der Waals surface area contributed by atoms with Gasteiger partial charge in [0.05, 0.1) is 22.4 Å². The highest BCUT2D eigenvalue weighted by molar-refractivity contribution is 7.99. The second-order valence-electron chi connectivity index (χ2n) is 12.0. The van der Waals surface area contributed by atoms with Crippen LogP contribution < -0.4 is 5.32 Å². The van der Waals surface area contributed by atoms with Crippen molar-refractivity contribution >= 4 is 66.7 Å². The van der Waals surface area contributed by atoms with Gasteiger partial charge in [-0.15, -0.1) is 0 Å². The molecule has 3 heterocycles. The topological polar surface area (TPSA) is 32.8 Å². The average Bonchev–Trinajstić information content (AvgIpc) is 3.65. The molecule has 2 N–H and O–H groups in total. The fourth-order valence-electron chi connectivity index (χ4n) is 7.08. The predicted octanol–water partition coefficient (Wildman–Crippen LogP) is 12.0. The highest BCUT2D eigenvalue weighted by Crippen LogP contribution is 2.46. The molecular weight excluding hydrogens is 579 g/mol. The van der Waals surface area contributed by atoms with E-state index in [0.717, 1.165) is 11.4 Å². The van der Waals surface area contributed by atoms with Gasteiger partial charge in [-0.3, -0.25) is 0 Å². The van der Waals surface area contributed by atoms with Crippen molar-refractivity contribution in [2.24, 2.45) is 0 Å². The number of aromatic nitrogens is 2. The molecule has 0 radical (unpaired) electrons. The van der Waals surface area contributed by atoms with Crippen molar-refractivity contribution in [3.05, 3.63) is 152 Å². The highest BCUT2D eigenvalue weighted by Gasteiger charge is 2.18. The summed E-state index contributed by atoms with van der Waals surface area (Å²) < 4.78 is 2.39. The Morgan fingerprint density at radius 1 is 0.413 bits per heavy atom. The maximum atomic E-state index is 3.61. The van der Waals surface area contributed by atoms with Gasteiger partial charge in [0.2, 0.25) is 0 Å². The number of nitrogens with zero attached hydrogens (tertiary/aromatic N) is 1. The minimum atomic E-state index is 1.16. The van der Waals surface area contributed by atoms with Crippen molar-refractivity contribution in [2.45, 2.75) is 9.79 Å². The number of rotatable bonds is 3. The van der Waals surface area contributed by atoms with Crippen LogP contribution in [-0.2, 0) is 0 Å². The second-order valence-corrected chi connectivity index (χ2v) is 13.1. The Morgan fingerprint density at radius 2 is 1.00 bits per heavy atom. The van der Waals surface area contributed by atoms with Gasteiger partial charge in [0.25, 0.3) is 0 Å². The fourth-order valence-corrected chi connectivity index (χ4v) is 8.10. The van der Waals surface area contributed by atoms with Crippen LogP contribution in [0.5, 0.6) is 0 Å². The molecule has 46 heavy (non-hydrogen) atoms. The summed E-state index contributed by atoms with van der Waals surface area (Å²) in [5, 5.41) is 8.62. The lowest BCUT2D eigenvalue weighted by Crippen LogP contribution is -1.99. The Morgan fingerprint density at radius 3 is 1.80 bits per heavy atom. The predicted molar refractivity (Wildman–Crippen MR) is 195 cm³/mol. The van der Waals surface area contributed by atoms with Crippen LogP contribution in [0.15, 0.2) is 161 Å². The Bertz CT molecular complexity index is 2650. The van der Waals surface area contributed by atoms with Gasteiger partial charge in [0, 0.05) is 48.1 Å². The molecule has 0 fully saturated rings. The monoisotopic (exact) mass is 605 g/mol. The Kier molecular flexibility index (Phi) is 5.51. The largest absolute Gasteiger partial charge is 0.355 e. The molecule has 0 aliphatic carbocycles. The first-order valence-electron chi connectivity index (χ1n) is 15.6. The molecule has 10 rings (SSSR count). The maximum absolute atomic E-state index is 3.61. The number of hydrogen-bond donors (Lipinski definition) is 2. The molecule has 9 aromatic rings. The van der Waals surface area contributed by atoms with Crippen LogP contribution in [-0.4, -0.2) is 9.55 Å². The minimum absolute atomic E-state index is 1.16. The van der Waals surface area contributed by atoms with Crippen molar-refractivity contribution in [3.8, 4) is 27.9 Å². The van der Waals surface area contributed by atoms with E-state index in [-0.39, 0.29) is 0 Å². The fraction of sp³-hybridized carbons (Fsp3) is 0. The zero-order valence-electron chi connectivity index (χ0n) is 24.8. The number of aromatic amines is 1. The Balaban J connectivity index is 1.15. The molecule has 1 aliphatic rings. The van der Waals surface area contributed by atoms with Gasteiger partial charge >= 0.3 is 0 Å². The summed E-state index contributed by atoms with van der Waals surface area (Å²) in [6.07, 6.45) is 0. The van der Waals surface area contributed by atoms with Crippen LogP contribution in [0.2, 0.25) is 0 Å². The summed E-state index contributed by atoms with van der Waals surface area (Å²) in [6.45, 7) is 0. The van der Waals surface area contributed by atoms with E-state index in [1.807, 2.05) is 11.8 Å². The number of para-hydroxylation sites is 3. The van der Waals surface area contributed by atoms with Crippen LogP contribution in [0.4, 0.5) is 11.4 Å². The van der Waals surface area contributed by atoms with Crippen molar-refractivity contribution in [1.82, 2.24) is 9.55 Å². The van der Waals surface area contributed by atoms with E-state index in [9.17, 15) is 0 Å². The minimum Gasteiger partial charge on any atom is -0.355 e. The van der Waals surface area contributed by atoms with E-state index in [1.54, 1.807) is 0 Å². The lowest BCUT2D eigenvalue weighted by Gasteiger charge is -2.21. The standard InChI is InChI=1S/C42H27N3S/c1-2-8-30(9-3-1)45-39-20-16-27(26-14-18-36-32(22-26)31-10-4-5-11-35(31)43-36)23-33(39)34-24-28(17-21-40(34)45)29-15-19-38-42(25-29)46-41-13-7-6-12-37(41)44-38/h1-25,43-44H. The van der Waals surface area contributed by atoms with Gasteiger partial charge < -0.3 is 14.9 Å². The number of anilines is 2. The maximum Gasteiger partial charge on any atom is 0.0541 e. The molecule has 0 bridgehead atoms. The van der Waals surface area contributed by atoms with Crippen molar-refractivity contribution in [3.63, 3.8) is 0 Å². The lowest BCUT2D eigenvalue weighted by molar-refractivity contribution is 1.18. The first-order valence-corrected chi connectivity index (χ1v) is 16.4. The highest BCUT2D eigenvalue weighted by atomic mass is 32.2. The van der Waals surface area contributed by atoms with Gasteiger partial charge in [-0.1, -0.05) is 84.6 Å². The molecule has 2 aromatic heterocycles. The van der Waals surface area contributed by atoms with E-state index in [1.165, 1.54) is 81.3 Å². The molecule has 0 amide bonds. The number of hydrogen-bond acceptors (Lipinski definition) is 2. The van der Waals surface area contributed by atoms with E-state index in [2.05, 4.69) is 167 Å². The van der Waals surface area contributed by atoms with E-state index in [0.29, 0.717) is 0 Å². The first-order chi connectivity index (χ1) is 22.8. The summed E-state index contributed by atoms with van der Waals surface area (Å²) in [4.78, 5) is 6.07. The normalized spacial score (nSPS) is 12.4. The number of fused-ring (bicyclic) bond motifs is 8. The van der Waals surface area contributed by atoms with Crippen molar-refractivity contribution in [2.75, 3.05) is 5.32 Å². The van der Waals surface area contributed by atoms with Crippen molar-refractivity contribution in [1.29, 1.82) is 0 Å². The number of benzene rings is 7. The summed E-state index contributed by atoms with van der Waals surface area (Å²) in [5.41, 5.74) is 13.1.